The van der Waals surface area contributed by atoms with Gasteiger partial charge in [-0.3, -0.25) is 4.99 Å². The molecule has 1 heterocycles. The first kappa shape index (κ1) is 21.0. The molecule has 1 aromatic rings. The molecular formula is C16H26IN3O3S. The van der Waals surface area contributed by atoms with Gasteiger partial charge in [-0.1, -0.05) is 12.1 Å². The van der Waals surface area contributed by atoms with Crippen molar-refractivity contribution in [1.82, 2.24) is 10.6 Å². The number of nitrogens with zero attached hydrogens (tertiary/aromatic N) is 1. The summed E-state index contributed by atoms with van der Waals surface area (Å²) >= 11 is 0. The lowest BCUT2D eigenvalue weighted by molar-refractivity contribution is 0.411. The SMILES string of the molecule is CN=C(NCCc1ccc(C)c(OC)c1)NC1CCS(=O)(=O)C1.I. The fourth-order valence-corrected chi connectivity index (χ4v) is 4.32. The number of halogens is 1. The third-order valence-corrected chi connectivity index (χ3v) is 5.74. The third-order valence-electron chi connectivity index (χ3n) is 3.98. The van der Waals surface area contributed by atoms with Gasteiger partial charge in [0.1, 0.15) is 5.75 Å². The Hall–Kier alpha value is -1.03. The Kier molecular flexibility index (Phi) is 8.28. The maximum atomic E-state index is 11.5. The van der Waals surface area contributed by atoms with Crippen molar-refractivity contribution in [3.63, 3.8) is 0 Å². The Morgan fingerprint density at radius 2 is 2.17 bits per heavy atom. The van der Waals surface area contributed by atoms with Crippen LogP contribution in [0.5, 0.6) is 5.75 Å². The number of aryl methyl sites for hydroxylation is 1. The van der Waals surface area contributed by atoms with Crippen LogP contribution in [0.15, 0.2) is 23.2 Å². The molecule has 1 aliphatic heterocycles. The molecule has 1 aliphatic rings. The molecule has 24 heavy (non-hydrogen) atoms. The molecule has 0 amide bonds. The predicted molar refractivity (Wildman–Crippen MR) is 108 cm³/mol. The smallest absolute Gasteiger partial charge is 0.191 e. The summed E-state index contributed by atoms with van der Waals surface area (Å²) in [6.45, 7) is 2.73. The molecule has 0 bridgehead atoms. The molecule has 2 rings (SSSR count). The lowest BCUT2D eigenvalue weighted by Crippen LogP contribution is -2.44. The zero-order chi connectivity index (χ0) is 16.9. The van der Waals surface area contributed by atoms with E-state index < -0.39 is 9.84 Å². The fraction of sp³-hybridized carbons (Fsp3) is 0.562. The van der Waals surface area contributed by atoms with Crippen molar-refractivity contribution in [2.24, 2.45) is 4.99 Å². The molecule has 1 unspecified atom stereocenters. The van der Waals surface area contributed by atoms with Gasteiger partial charge in [-0.05, 0) is 37.0 Å². The van der Waals surface area contributed by atoms with Gasteiger partial charge in [-0.15, -0.1) is 24.0 Å². The number of sulfone groups is 1. The van der Waals surface area contributed by atoms with Crippen LogP contribution in [0, 0.1) is 6.92 Å². The highest BCUT2D eigenvalue weighted by atomic mass is 127. The van der Waals surface area contributed by atoms with E-state index in [1.54, 1.807) is 14.2 Å². The van der Waals surface area contributed by atoms with Crippen molar-refractivity contribution in [1.29, 1.82) is 0 Å². The van der Waals surface area contributed by atoms with Gasteiger partial charge >= 0.3 is 0 Å². The van der Waals surface area contributed by atoms with Gasteiger partial charge in [0.05, 0.1) is 18.6 Å². The quantitative estimate of drug-likeness (QED) is 0.390. The normalized spacial score (nSPS) is 19.5. The highest BCUT2D eigenvalue weighted by Gasteiger charge is 2.28. The molecule has 1 atom stereocenters. The van der Waals surface area contributed by atoms with Gasteiger partial charge in [0, 0.05) is 19.6 Å². The highest BCUT2D eigenvalue weighted by Crippen LogP contribution is 2.19. The minimum absolute atomic E-state index is 0. The number of benzene rings is 1. The van der Waals surface area contributed by atoms with Gasteiger partial charge < -0.3 is 15.4 Å². The molecule has 136 valence electrons. The first-order chi connectivity index (χ1) is 10.9. The Bertz CT molecular complexity index is 677. The van der Waals surface area contributed by atoms with Crippen LogP contribution in [-0.4, -0.2) is 52.6 Å². The molecular weight excluding hydrogens is 441 g/mol. The molecule has 8 heteroatoms. The third kappa shape index (κ3) is 6.12. The molecule has 0 aromatic heterocycles. The maximum absolute atomic E-state index is 11.5. The summed E-state index contributed by atoms with van der Waals surface area (Å²) in [5, 5.41) is 6.40. The average molecular weight is 467 g/mol. The van der Waals surface area contributed by atoms with Crippen LogP contribution in [0.3, 0.4) is 0 Å². The van der Waals surface area contributed by atoms with Gasteiger partial charge in [0.15, 0.2) is 15.8 Å². The average Bonchev–Trinajstić information content (AvgIpc) is 2.86. The summed E-state index contributed by atoms with van der Waals surface area (Å²) in [6.07, 6.45) is 1.47. The number of guanidine groups is 1. The first-order valence-corrected chi connectivity index (χ1v) is 9.57. The summed E-state index contributed by atoms with van der Waals surface area (Å²) < 4.78 is 28.3. The van der Waals surface area contributed by atoms with Crippen molar-refractivity contribution in [3.8, 4) is 5.75 Å². The number of ether oxygens (including phenoxy) is 1. The van der Waals surface area contributed by atoms with Gasteiger partial charge in [-0.2, -0.15) is 0 Å². The molecule has 1 fully saturated rings. The second kappa shape index (κ2) is 9.45. The number of rotatable bonds is 5. The van der Waals surface area contributed by atoms with Crippen LogP contribution in [-0.2, 0) is 16.3 Å². The van der Waals surface area contributed by atoms with E-state index in [1.807, 2.05) is 19.1 Å². The van der Waals surface area contributed by atoms with Crippen LogP contribution in [0.4, 0.5) is 0 Å². The van der Waals surface area contributed by atoms with Crippen LogP contribution >= 0.6 is 24.0 Å². The lowest BCUT2D eigenvalue weighted by Gasteiger charge is -2.16. The molecule has 0 radical (unpaired) electrons. The standard InChI is InChI=1S/C16H25N3O3S.HI/c1-12-4-5-13(10-15(12)22-3)6-8-18-16(17-2)19-14-7-9-23(20,21)11-14;/h4-5,10,14H,6-9,11H2,1-3H3,(H2,17,18,19);1H. The number of nitrogens with one attached hydrogen (secondary N) is 2. The summed E-state index contributed by atoms with van der Waals surface area (Å²) in [7, 11) is 0.477. The fourth-order valence-electron chi connectivity index (χ4n) is 2.64. The van der Waals surface area contributed by atoms with Crippen molar-refractivity contribution in [2.75, 3.05) is 32.2 Å². The summed E-state index contributed by atoms with van der Waals surface area (Å²) in [4.78, 5) is 4.15. The summed E-state index contributed by atoms with van der Waals surface area (Å²) in [5.74, 6) is 1.97. The van der Waals surface area contributed by atoms with E-state index in [0.29, 0.717) is 18.9 Å². The summed E-state index contributed by atoms with van der Waals surface area (Å²) in [5.41, 5.74) is 2.29. The zero-order valence-corrected chi connectivity index (χ0v) is 17.5. The van der Waals surface area contributed by atoms with Crippen LogP contribution in [0.25, 0.3) is 0 Å². The molecule has 1 aromatic carbocycles. The van der Waals surface area contributed by atoms with E-state index in [0.717, 1.165) is 17.7 Å². The molecule has 1 saturated heterocycles. The minimum atomic E-state index is -2.88. The van der Waals surface area contributed by atoms with Crippen molar-refractivity contribution < 1.29 is 13.2 Å². The van der Waals surface area contributed by atoms with E-state index in [-0.39, 0.29) is 41.5 Å². The van der Waals surface area contributed by atoms with E-state index in [1.165, 1.54) is 5.56 Å². The van der Waals surface area contributed by atoms with E-state index in [9.17, 15) is 8.42 Å². The molecule has 0 spiro atoms. The van der Waals surface area contributed by atoms with Crippen LogP contribution in [0.1, 0.15) is 17.5 Å². The Morgan fingerprint density at radius 1 is 1.42 bits per heavy atom. The molecule has 6 nitrogen and oxygen atoms in total. The van der Waals surface area contributed by atoms with Crippen LogP contribution < -0.4 is 15.4 Å². The van der Waals surface area contributed by atoms with Crippen molar-refractivity contribution >= 4 is 39.8 Å². The van der Waals surface area contributed by atoms with Crippen molar-refractivity contribution in [3.05, 3.63) is 29.3 Å². The van der Waals surface area contributed by atoms with Gasteiger partial charge in [0.25, 0.3) is 0 Å². The number of methoxy groups -OCH3 is 1. The van der Waals surface area contributed by atoms with Crippen LogP contribution in [0.2, 0.25) is 0 Å². The Morgan fingerprint density at radius 3 is 2.75 bits per heavy atom. The topological polar surface area (TPSA) is 79.8 Å². The van der Waals surface area contributed by atoms with E-state index >= 15 is 0 Å². The number of aliphatic imine (C=N–C) groups is 1. The predicted octanol–water partition coefficient (Wildman–Crippen LogP) is 1.52. The van der Waals surface area contributed by atoms with Gasteiger partial charge in [-0.25, -0.2) is 8.42 Å². The minimum Gasteiger partial charge on any atom is -0.496 e. The Labute approximate surface area is 161 Å². The lowest BCUT2D eigenvalue weighted by atomic mass is 10.1. The summed E-state index contributed by atoms with van der Waals surface area (Å²) in [6, 6.07) is 6.12. The zero-order valence-electron chi connectivity index (χ0n) is 14.3. The number of hydrogen-bond acceptors (Lipinski definition) is 4. The largest absolute Gasteiger partial charge is 0.496 e. The van der Waals surface area contributed by atoms with Gasteiger partial charge in [0.2, 0.25) is 0 Å². The monoisotopic (exact) mass is 467 g/mol. The molecule has 2 N–H and O–H groups in total. The number of hydrogen-bond donors (Lipinski definition) is 2. The Balaban J connectivity index is 0.00000288. The second-order valence-electron chi connectivity index (χ2n) is 5.80. The maximum Gasteiger partial charge on any atom is 0.191 e. The first-order valence-electron chi connectivity index (χ1n) is 7.74. The van der Waals surface area contributed by atoms with Crippen molar-refractivity contribution in [2.45, 2.75) is 25.8 Å². The highest BCUT2D eigenvalue weighted by molar-refractivity contribution is 14.0. The molecule has 0 saturated carbocycles. The molecule has 0 aliphatic carbocycles. The van der Waals surface area contributed by atoms with E-state index in [4.69, 9.17) is 4.74 Å². The van der Waals surface area contributed by atoms with E-state index in [2.05, 4.69) is 21.7 Å². The second-order valence-corrected chi connectivity index (χ2v) is 8.03.